The van der Waals surface area contributed by atoms with Gasteiger partial charge in [0.05, 0.1) is 28.4 Å². The fourth-order valence-electron chi connectivity index (χ4n) is 3.22. The maximum atomic E-state index is 12.7. The molecule has 8 heteroatoms. The van der Waals surface area contributed by atoms with Gasteiger partial charge in [0, 0.05) is 24.7 Å². The summed E-state index contributed by atoms with van der Waals surface area (Å²) >= 11 is 6.40. The topological polar surface area (TPSA) is 84.7 Å². The van der Waals surface area contributed by atoms with Crippen molar-refractivity contribution < 1.29 is 14.5 Å². The molecule has 2 aromatic rings. The van der Waals surface area contributed by atoms with Gasteiger partial charge in [-0.1, -0.05) is 17.7 Å². The highest BCUT2D eigenvalue weighted by molar-refractivity contribution is 6.34. The Bertz CT molecular complexity index is 866. The lowest BCUT2D eigenvalue weighted by Crippen LogP contribution is -2.30. The second-order valence-corrected chi connectivity index (χ2v) is 6.69. The molecule has 7 nitrogen and oxygen atoms in total. The molecule has 0 unspecified atom stereocenters. The molecule has 3 rings (SSSR count). The van der Waals surface area contributed by atoms with Crippen molar-refractivity contribution in [2.75, 3.05) is 30.4 Å². The molecule has 2 aromatic carbocycles. The van der Waals surface area contributed by atoms with Crippen LogP contribution in [0, 0.1) is 10.1 Å². The predicted molar refractivity (Wildman–Crippen MR) is 105 cm³/mol. The number of nitro groups is 1. The molecule has 1 amide bonds. The second kappa shape index (κ2) is 8.26. The highest BCUT2D eigenvalue weighted by atomic mass is 35.5. The van der Waals surface area contributed by atoms with Gasteiger partial charge in [0.25, 0.3) is 5.91 Å². The molecular weight excluding hydrogens is 370 g/mol. The number of benzene rings is 2. The van der Waals surface area contributed by atoms with Gasteiger partial charge in [-0.2, -0.15) is 0 Å². The number of amides is 1. The fraction of sp³-hybridized carbons (Fsp3) is 0.316. The molecule has 0 bridgehead atoms. The molecule has 0 radical (unpaired) electrons. The van der Waals surface area contributed by atoms with E-state index >= 15 is 0 Å². The molecule has 1 aliphatic heterocycles. The lowest BCUT2D eigenvalue weighted by atomic mass is 10.1. The van der Waals surface area contributed by atoms with Gasteiger partial charge in [-0.3, -0.25) is 14.9 Å². The van der Waals surface area contributed by atoms with Crippen molar-refractivity contribution in [3.05, 3.63) is 57.1 Å². The Morgan fingerprint density at radius 2 is 1.96 bits per heavy atom. The number of nitro benzene ring substituents is 1. The first kappa shape index (κ1) is 19.0. The minimum Gasteiger partial charge on any atom is -0.490 e. The number of nitrogens with zero attached hydrogens (tertiary/aromatic N) is 2. The summed E-state index contributed by atoms with van der Waals surface area (Å²) in [5.41, 5.74) is 1.29. The molecule has 0 saturated carbocycles. The van der Waals surface area contributed by atoms with Crippen LogP contribution in [0.1, 0.15) is 29.6 Å². The van der Waals surface area contributed by atoms with Crippen molar-refractivity contribution in [2.45, 2.75) is 19.3 Å². The van der Waals surface area contributed by atoms with Crippen LogP contribution in [0.5, 0.6) is 5.75 Å². The SMILES string of the molecule is COc1ccc(C(=O)Nc2cccc(Cl)c2N2CCCCC2)cc1[N+](=O)[O-]. The Hall–Kier alpha value is -2.80. The Morgan fingerprint density at radius 1 is 1.22 bits per heavy atom. The molecule has 1 fully saturated rings. The number of ether oxygens (including phenoxy) is 1. The van der Waals surface area contributed by atoms with Crippen LogP contribution in [0.15, 0.2) is 36.4 Å². The number of piperidine rings is 1. The summed E-state index contributed by atoms with van der Waals surface area (Å²) < 4.78 is 4.98. The number of carbonyl (C=O) groups is 1. The summed E-state index contributed by atoms with van der Waals surface area (Å²) in [5.74, 6) is -0.338. The minimum atomic E-state index is -0.575. The number of para-hydroxylation sites is 1. The highest BCUT2D eigenvalue weighted by Crippen LogP contribution is 2.36. The van der Waals surface area contributed by atoms with E-state index in [1.54, 1.807) is 18.2 Å². The first-order chi connectivity index (χ1) is 13.0. The van der Waals surface area contributed by atoms with Crippen molar-refractivity contribution in [2.24, 2.45) is 0 Å². The van der Waals surface area contributed by atoms with Gasteiger partial charge in [-0.15, -0.1) is 0 Å². The summed E-state index contributed by atoms with van der Waals surface area (Å²) in [6, 6.07) is 9.45. The normalized spacial score (nSPS) is 13.9. The Labute approximate surface area is 162 Å². The van der Waals surface area contributed by atoms with Gasteiger partial charge in [0.2, 0.25) is 0 Å². The zero-order valence-electron chi connectivity index (χ0n) is 14.9. The zero-order valence-corrected chi connectivity index (χ0v) is 15.7. The zero-order chi connectivity index (χ0) is 19.4. The van der Waals surface area contributed by atoms with Crippen molar-refractivity contribution in [1.82, 2.24) is 0 Å². The number of hydrogen-bond acceptors (Lipinski definition) is 5. The van der Waals surface area contributed by atoms with E-state index in [1.165, 1.54) is 31.7 Å². The third kappa shape index (κ3) is 4.14. The van der Waals surface area contributed by atoms with E-state index < -0.39 is 10.8 Å². The van der Waals surface area contributed by atoms with Crippen LogP contribution < -0.4 is 15.0 Å². The number of nitrogens with one attached hydrogen (secondary N) is 1. The first-order valence-electron chi connectivity index (χ1n) is 8.68. The van der Waals surface area contributed by atoms with Crippen LogP contribution in [0.3, 0.4) is 0 Å². The maximum absolute atomic E-state index is 12.7. The summed E-state index contributed by atoms with van der Waals surface area (Å²) in [6.07, 6.45) is 3.32. The largest absolute Gasteiger partial charge is 0.490 e. The molecule has 142 valence electrons. The first-order valence-corrected chi connectivity index (χ1v) is 9.06. The molecule has 1 N–H and O–H groups in total. The van der Waals surface area contributed by atoms with Gasteiger partial charge in [-0.05, 0) is 43.5 Å². The quantitative estimate of drug-likeness (QED) is 0.601. The smallest absolute Gasteiger partial charge is 0.311 e. The third-order valence-corrected chi connectivity index (χ3v) is 4.85. The van der Waals surface area contributed by atoms with Crippen molar-refractivity contribution in [3.8, 4) is 5.75 Å². The lowest BCUT2D eigenvalue weighted by Gasteiger charge is -2.31. The summed E-state index contributed by atoms with van der Waals surface area (Å²) in [7, 11) is 1.35. The van der Waals surface area contributed by atoms with Crippen LogP contribution >= 0.6 is 11.6 Å². The summed E-state index contributed by atoms with van der Waals surface area (Å²) in [5, 5.41) is 14.6. The summed E-state index contributed by atoms with van der Waals surface area (Å²) in [6.45, 7) is 1.75. The van der Waals surface area contributed by atoms with Crippen LogP contribution in [0.2, 0.25) is 5.02 Å². The lowest BCUT2D eigenvalue weighted by molar-refractivity contribution is -0.385. The average molecular weight is 390 g/mol. The second-order valence-electron chi connectivity index (χ2n) is 6.28. The molecule has 27 heavy (non-hydrogen) atoms. The van der Waals surface area contributed by atoms with Crippen molar-refractivity contribution in [3.63, 3.8) is 0 Å². The fourth-order valence-corrected chi connectivity index (χ4v) is 3.52. The minimum absolute atomic E-state index is 0.105. The van der Waals surface area contributed by atoms with Gasteiger partial charge < -0.3 is 15.0 Å². The van der Waals surface area contributed by atoms with Crippen LogP contribution in [-0.2, 0) is 0 Å². The van der Waals surface area contributed by atoms with E-state index in [1.807, 2.05) is 0 Å². The van der Waals surface area contributed by atoms with E-state index in [2.05, 4.69) is 10.2 Å². The molecule has 0 atom stereocenters. The monoisotopic (exact) mass is 389 g/mol. The van der Waals surface area contributed by atoms with Gasteiger partial charge in [-0.25, -0.2) is 0 Å². The molecule has 0 aliphatic carbocycles. The van der Waals surface area contributed by atoms with Crippen molar-refractivity contribution >= 4 is 34.6 Å². The van der Waals surface area contributed by atoms with E-state index in [0.717, 1.165) is 31.6 Å². The van der Waals surface area contributed by atoms with Crippen molar-refractivity contribution in [1.29, 1.82) is 0 Å². The average Bonchev–Trinajstić information content (AvgIpc) is 2.68. The molecule has 0 spiro atoms. The van der Waals surface area contributed by atoms with Crippen LogP contribution in [0.25, 0.3) is 0 Å². The predicted octanol–water partition coefficient (Wildman–Crippen LogP) is 4.50. The number of methoxy groups -OCH3 is 1. The van der Waals surface area contributed by atoms with Crippen LogP contribution in [0.4, 0.5) is 17.1 Å². The molecule has 0 aromatic heterocycles. The Kier molecular flexibility index (Phi) is 5.81. The van der Waals surface area contributed by atoms with Gasteiger partial charge in [0.15, 0.2) is 5.75 Å². The highest BCUT2D eigenvalue weighted by Gasteiger charge is 2.21. The number of halogens is 1. The van der Waals surface area contributed by atoms with E-state index in [0.29, 0.717) is 10.7 Å². The van der Waals surface area contributed by atoms with Crippen LogP contribution in [-0.4, -0.2) is 31.0 Å². The number of hydrogen-bond donors (Lipinski definition) is 1. The molecule has 1 heterocycles. The number of rotatable bonds is 5. The maximum Gasteiger partial charge on any atom is 0.311 e. The number of anilines is 2. The summed E-state index contributed by atoms with van der Waals surface area (Å²) in [4.78, 5) is 25.5. The molecule has 1 saturated heterocycles. The molecular formula is C19H20ClN3O4. The Morgan fingerprint density at radius 3 is 2.63 bits per heavy atom. The van der Waals surface area contributed by atoms with E-state index in [4.69, 9.17) is 16.3 Å². The van der Waals surface area contributed by atoms with E-state index in [-0.39, 0.29) is 17.0 Å². The standard InChI is InChI=1S/C19H20ClN3O4/c1-27-17-9-8-13(12-16(17)23(25)26)19(24)21-15-7-5-6-14(20)18(15)22-10-3-2-4-11-22/h5-9,12H,2-4,10-11H2,1H3,(H,21,24). The molecule has 1 aliphatic rings. The number of carbonyl (C=O) groups excluding carboxylic acids is 1. The van der Waals surface area contributed by atoms with E-state index in [9.17, 15) is 14.9 Å². The van der Waals surface area contributed by atoms with Gasteiger partial charge >= 0.3 is 5.69 Å². The van der Waals surface area contributed by atoms with Gasteiger partial charge in [0.1, 0.15) is 0 Å². The Balaban J connectivity index is 1.89. The third-order valence-electron chi connectivity index (χ3n) is 4.55.